The zero-order valence-electron chi connectivity index (χ0n) is 23.5. The molecule has 0 spiro atoms. The molecule has 1 heterocycles. The predicted molar refractivity (Wildman–Crippen MR) is 155 cm³/mol. The Hall–Kier alpha value is -4.00. The molecule has 0 radical (unpaired) electrons. The summed E-state index contributed by atoms with van der Waals surface area (Å²) in [6.45, 7) is 6.33. The number of carbonyl (C=O) groups excluding carboxylic acids is 1. The lowest BCUT2D eigenvalue weighted by Crippen LogP contribution is -2.24. The summed E-state index contributed by atoms with van der Waals surface area (Å²) in [5.41, 5.74) is 5.17. The topological polar surface area (TPSA) is 74.6 Å². The van der Waals surface area contributed by atoms with E-state index in [-0.39, 0.29) is 5.91 Å². The number of hydrogen-bond acceptors (Lipinski definition) is 5. The molecule has 7 heteroatoms. The Morgan fingerprint density at radius 2 is 1.67 bits per heavy atom. The highest BCUT2D eigenvalue weighted by molar-refractivity contribution is 5.94. The van der Waals surface area contributed by atoms with Crippen LogP contribution in [0.5, 0.6) is 17.2 Å². The van der Waals surface area contributed by atoms with Crippen molar-refractivity contribution in [2.45, 2.75) is 52.5 Å². The van der Waals surface area contributed by atoms with Crippen molar-refractivity contribution in [2.75, 3.05) is 27.4 Å². The number of nitrogens with zero attached hydrogens (tertiary/aromatic N) is 2. The first-order chi connectivity index (χ1) is 19.0. The van der Waals surface area contributed by atoms with Crippen molar-refractivity contribution in [1.29, 1.82) is 0 Å². The number of imidazole rings is 1. The molecule has 39 heavy (non-hydrogen) atoms. The minimum Gasteiger partial charge on any atom is -0.493 e. The second-order valence-electron chi connectivity index (χ2n) is 9.78. The molecule has 0 unspecified atom stereocenters. The SMILES string of the molecule is COc1ccc(C(=O)NCCCCCc2nc3ccccc3n2CCCOc2ccc(C)cc2C)cc1OC. The molecule has 0 fully saturated rings. The number of rotatable bonds is 14. The fourth-order valence-electron chi connectivity index (χ4n) is 4.80. The number of aryl methyl sites for hydroxylation is 4. The smallest absolute Gasteiger partial charge is 0.251 e. The average Bonchev–Trinajstić information content (AvgIpc) is 3.30. The monoisotopic (exact) mass is 529 g/mol. The van der Waals surface area contributed by atoms with Crippen LogP contribution in [-0.4, -0.2) is 42.8 Å². The van der Waals surface area contributed by atoms with Crippen molar-refractivity contribution >= 4 is 16.9 Å². The lowest BCUT2D eigenvalue weighted by molar-refractivity contribution is 0.0952. The van der Waals surface area contributed by atoms with Gasteiger partial charge in [0.05, 0.1) is 31.9 Å². The molecular weight excluding hydrogens is 490 g/mol. The third-order valence-electron chi connectivity index (χ3n) is 6.86. The number of ether oxygens (including phenoxy) is 3. The molecule has 0 saturated heterocycles. The number of nitrogens with one attached hydrogen (secondary N) is 1. The lowest BCUT2D eigenvalue weighted by atomic mass is 10.1. The molecule has 0 aliphatic carbocycles. The number of para-hydroxylation sites is 2. The molecule has 1 aromatic heterocycles. The van der Waals surface area contributed by atoms with Gasteiger partial charge in [0.2, 0.25) is 0 Å². The quantitative estimate of drug-likeness (QED) is 0.195. The van der Waals surface area contributed by atoms with Gasteiger partial charge in [0.1, 0.15) is 11.6 Å². The van der Waals surface area contributed by atoms with E-state index in [4.69, 9.17) is 19.2 Å². The number of benzene rings is 3. The van der Waals surface area contributed by atoms with Gasteiger partial charge in [0, 0.05) is 25.1 Å². The normalized spacial score (nSPS) is 11.0. The summed E-state index contributed by atoms with van der Waals surface area (Å²) in [7, 11) is 3.14. The van der Waals surface area contributed by atoms with Crippen LogP contribution < -0.4 is 19.5 Å². The Morgan fingerprint density at radius 1 is 0.872 bits per heavy atom. The molecule has 0 aliphatic heterocycles. The molecular formula is C32H39N3O4. The van der Waals surface area contributed by atoms with E-state index in [1.54, 1.807) is 32.4 Å². The molecule has 0 aliphatic rings. The molecule has 7 nitrogen and oxygen atoms in total. The van der Waals surface area contributed by atoms with Crippen LogP contribution in [0.15, 0.2) is 60.7 Å². The number of methoxy groups -OCH3 is 2. The third-order valence-corrected chi connectivity index (χ3v) is 6.86. The summed E-state index contributed by atoms with van der Waals surface area (Å²) in [4.78, 5) is 17.4. The van der Waals surface area contributed by atoms with E-state index in [0.717, 1.165) is 55.7 Å². The van der Waals surface area contributed by atoms with Crippen LogP contribution in [0.3, 0.4) is 0 Å². The summed E-state index contributed by atoms with van der Waals surface area (Å²) < 4.78 is 18.9. The minimum absolute atomic E-state index is 0.110. The standard InChI is InChI=1S/C32H39N3O4/c1-23-14-16-28(24(2)21-23)39-20-10-19-35-27-12-8-7-11-26(27)34-31(35)13-6-5-9-18-33-32(36)25-15-17-29(37-3)30(22-25)38-4/h7-8,11-12,14-17,21-22H,5-6,9-10,13,18-20H2,1-4H3,(H,33,36). The summed E-state index contributed by atoms with van der Waals surface area (Å²) in [6.07, 6.45) is 4.72. The number of fused-ring (bicyclic) bond motifs is 1. The molecule has 1 amide bonds. The maximum Gasteiger partial charge on any atom is 0.251 e. The molecule has 0 bridgehead atoms. The van der Waals surface area contributed by atoms with E-state index in [9.17, 15) is 4.79 Å². The summed E-state index contributed by atoms with van der Waals surface area (Å²) in [6, 6.07) is 19.8. The van der Waals surface area contributed by atoms with Gasteiger partial charge < -0.3 is 24.1 Å². The van der Waals surface area contributed by atoms with E-state index in [2.05, 4.69) is 60.1 Å². The van der Waals surface area contributed by atoms with Crippen molar-refractivity contribution in [3.05, 3.63) is 83.2 Å². The number of unbranched alkanes of at least 4 members (excludes halogenated alkanes) is 2. The highest BCUT2D eigenvalue weighted by atomic mass is 16.5. The van der Waals surface area contributed by atoms with Crippen LogP contribution in [0.25, 0.3) is 11.0 Å². The largest absolute Gasteiger partial charge is 0.493 e. The van der Waals surface area contributed by atoms with Crippen molar-refractivity contribution in [3.63, 3.8) is 0 Å². The van der Waals surface area contributed by atoms with E-state index in [0.29, 0.717) is 30.2 Å². The van der Waals surface area contributed by atoms with Crippen molar-refractivity contribution in [2.24, 2.45) is 0 Å². The number of carbonyl (C=O) groups is 1. The summed E-state index contributed by atoms with van der Waals surface area (Å²) >= 11 is 0. The van der Waals surface area contributed by atoms with E-state index >= 15 is 0 Å². The first kappa shape index (κ1) is 28.0. The zero-order chi connectivity index (χ0) is 27.6. The van der Waals surface area contributed by atoms with E-state index in [1.165, 1.54) is 16.6 Å². The van der Waals surface area contributed by atoms with Gasteiger partial charge in [-0.2, -0.15) is 0 Å². The van der Waals surface area contributed by atoms with Crippen LogP contribution in [0, 0.1) is 13.8 Å². The van der Waals surface area contributed by atoms with Crippen LogP contribution in [-0.2, 0) is 13.0 Å². The second-order valence-corrected chi connectivity index (χ2v) is 9.78. The predicted octanol–water partition coefficient (Wildman–Crippen LogP) is 6.28. The Labute approximate surface area is 231 Å². The fourth-order valence-corrected chi connectivity index (χ4v) is 4.80. The Bertz CT molecular complexity index is 1400. The van der Waals surface area contributed by atoms with E-state index < -0.39 is 0 Å². The molecule has 206 valence electrons. The minimum atomic E-state index is -0.110. The zero-order valence-corrected chi connectivity index (χ0v) is 23.5. The van der Waals surface area contributed by atoms with Crippen molar-refractivity contribution in [3.8, 4) is 17.2 Å². The molecule has 0 saturated carbocycles. The highest BCUT2D eigenvalue weighted by Gasteiger charge is 2.12. The van der Waals surface area contributed by atoms with Gasteiger partial charge in [0.15, 0.2) is 11.5 Å². The lowest BCUT2D eigenvalue weighted by Gasteiger charge is -2.12. The van der Waals surface area contributed by atoms with E-state index in [1.807, 2.05) is 6.07 Å². The second kappa shape index (κ2) is 13.7. The van der Waals surface area contributed by atoms with Crippen LogP contribution in [0.2, 0.25) is 0 Å². The highest BCUT2D eigenvalue weighted by Crippen LogP contribution is 2.27. The van der Waals surface area contributed by atoms with Gasteiger partial charge in [-0.05, 0) is 75.1 Å². The van der Waals surface area contributed by atoms with Crippen molar-refractivity contribution < 1.29 is 19.0 Å². The summed E-state index contributed by atoms with van der Waals surface area (Å²) in [5.74, 6) is 3.10. The van der Waals surface area contributed by atoms with Crippen LogP contribution in [0.4, 0.5) is 0 Å². The molecule has 4 rings (SSSR count). The van der Waals surface area contributed by atoms with Gasteiger partial charge in [-0.3, -0.25) is 4.79 Å². The Morgan fingerprint density at radius 3 is 2.46 bits per heavy atom. The summed E-state index contributed by atoms with van der Waals surface area (Å²) in [5, 5.41) is 3.00. The fraction of sp³-hybridized carbons (Fsp3) is 0.375. The maximum atomic E-state index is 12.5. The van der Waals surface area contributed by atoms with Gasteiger partial charge in [0.25, 0.3) is 5.91 Å². The molecule has 0 atom stereocenters. The number of amides is 1. The maximum absolute atomic E-state index is 12.5. The van der Waals surface area contributed by atoms with Gasteiger partial charge in [-0.1, -0.05) is 36.2 Å². The molecule has 4 aromatic rings. The first-order valence-electron chi connectivity index (χ1n) is 13.6. The number of aromatic nitrogens is 2. The molecule has 3 aromatic carbocycles. The van der Waals surface area contributed by atoms with Crippen molar-refractivity contribution in [1.82, 2.24) is 14.9 Å². The molecule has 1 N–H and O–H groups in total. The van der Waals surface area contributed by atoms with Crippen LogP contribution in [0.1, 0.15) is 53.0 Å². The van der Waals surface area contributed by atoms with Gasteiger partial charge in [-0.15, -0.1) is 0 Å². The average molecular weight is 530 g/mol. The number of hydrogen-bond donors (Lipinski definition) is 1. The first-order valence-corrected chi connectivity index (χ1v) is 13.6. The van der Waals surface area contributed by atoms with Crippen LogP contribution >= 0.6 is 0 Å². The third kappa shape index (κ3) is 7.31. The Kier molecular flexibility index (Phi) is 9.84. The van der Waals surface area contributed by atoms with Gasteiger partial charge >= 0.3 is 0 Å². The van der Waals surface area contributed by atoms with Gasteiger partial charge in [-0.25, -0.2) is 4.98 Å². The Balaban J connectivity index is 1.25.